The maximum Gasteiger partial charge on any atom is 0.248 e. The summed E-state index contributed by atoms with van der Waals surface area (Å²) in [5.74, 6) is -1.74. The Hall–Kier alpha value is -4.14. The van der Waals surface area contributed by atoms with Gasteiger partial charge in [-0.05, 0) is 60.9 Å². The van der Waals surface area contributed by atoms with Gasteiger partial charge in [0.15, 0.2) is 0 Å². The summed E-state index contributed by atoms with van der Waals surface area (Å²) < 4.78 is 14.2. The summed E-state index contributed by atoms with van der Waals surface area (Å²) in [6.07, 6.45) is 9.69. The molecule has 0 unspecified atom stereocenters. The SMILES string of the molecule is O=C(CCC(=O)N(c1cccc(F)c1)[C@H](C(=O)NC1CCCC1)c1ccncc1)Nc1cccnc1. The van der Waals surface area contributed by atoms with Crippen molar-refractivity contribution in [3.8, 4) is 0 Å². The van der Waals surface area contributed by atoms with Crippen LogP contribution in [0.5, 0.6) is 0 Å². The maximum absolute atomic E-state index is 14.2. The predicted molar refractivity (Wildman–Crippen MR) is 133 cm³/mol. The molecule has 186 valence electrons. The summed E-state index contributed by atoms with van der Waals surface area (Å²) in [7, 11) is 0. The van der Waals surface area contributed by atoms with Crippen molar-refractivity contribution in [3.63, 3.8) is 0 Å². The first-order valence-electron chi connectivity index (χ1n) is 12.0. The minimum atomic E-state index is -1.05. The normalized spacial score (nSPS) is 14.1. The number of hydrogen-bond donors (Lipinski definition) is 2. The number of amides is 3. The molecule has 0 saturated heterocycles. The lowest BCUT2D eigenvalue weighted by atomic mass is 10.0. The Labute approximate surface area is 209 Å². The van der Waals surface area contributed by atoms with Crippen LogP contribution in [0.4, 0.5) is 15.8 Å². The number of hydrogen-bond acceptors (Lipinski definition) is 5. The fourth-order valence-electron chi connectivity index (χ4n) is 4.38. The summed E-state index contributed by atoms with van der Waals surface area (Å²) in [4.78, 5) is 48.9. The van der Waals surface area contributed by atoms with Crippen LogP contribution in [0, 0.1) is 5.82 Å². The second-order valence-electron chi connectivity index (χ2n) is 8.71. The Kier molecular flexibility index (Phi) is 8.33. The summed E-state index contributed by atoms with van der Waals surface area (Å²) in [6.45, 7) is 0. The molecule has 0 aliphatic heterocycles. The standard InChI is InChI=1S/C27H28FN5O3/c28-20-5-3-9-23(17-20)33(25(35)11-10-24(34)31-22-8-4-14-30-18-22)26(19-12-15-29-16-13-19)27(36)32-21-6-1-2-7-21/h3-5,8-9,12-18,21,26H,1-2,6-7,10-11H2,(H,31,34)(H,32,36)/t26-/m0/s1. The van der Waals surface area contributed by atoms with Crippen molar-refractivity contribution in [2.24, 2.45) is 0 Å². The van der Waals surface area contributed by atoms with Gasteiger partial charge in [-0.1, -0.05) is 18.9 Å². The van der Waals surface area contributed by atoms with Crippen molar-refractivity contribution in [2.75, 3.05) is 10.2 Å². The van der Waals surface area contributed by atoms with E-state index in [4.69, 9.17) is 0 Å². The van der Waals surface area contributed by atoms with E-state index < -0.39 is 17.8 Å². The molecule has 8 nitrogen and oxygen atoms in total. The molecule has 4 rings (SSSR count). The van der Waals surface area contributed by atoms with E-state index in [0.29, 0.717) is 11.3 Å². The van der Waals surface area contributed by atoms with Crippen molar-refractivity contribution in [1.82, 2.24) is 15.3 Å². The highest BCUT2D eigenvalue weighted by Gasteiger charge is 2.34. The Bertz CT molecular complexity index is 1190. The van der Waals surface area contributed by atoms with E-state index in [-0.39, 0.29) is 36.4 Å². The largest absolute Gasteiger partial charge is 0.351 e. The molecule has 1 atom stereocenters. The van der Waals surface area contributed by atoms with E-state index in [1.807, 2.05) is 0 Å². The molecule has 0 bridgehead atoms. The number of halogens is 1. The van der Waals surface area contributed by atoms with Gasteiger partial charge in [0.1, 0.15) is 11.9 Å². The molecule has 1 aliphatic rings. The first kappa shape index (κ1) is 25.0. The van der Waals surface area contributed by atoms with Gasteiger partial charge in [-0.25, -0.2) is 4.39 Å². The molecule has 2 N–H and O–H groups in total. The molecule has 3 aromatic rings. The molecule has 1 aromatic carbocycles. The van der Waals surface area contributed by atoms with Gasteiger partial charge in [-0.2, -0.15) is 0 Å². The monoisotopic (exact) mass is 489 g/mol. The van der Waals surface area contributed by atoms with Gasteiger partial charge in [-0.3, -0.25) is 29.3 Å². The van der Waals surface area contributed by atoms with Crippen LogP contribution in [0.1, 0.15) is 50.1 Å². The Morgan fingerprint density at radius 3 is 2.44 bits per heavy atom. The lowest BCUT2D eigenvalue weighted by Gasteiger charge is -2.32. The van der Waals surface area contributed by atoms with Gasteiger partial charge in [-0.15, -0.1) is 0 Å². The van der Waals surface area contributed by atoms with E-state index in [1.165, 1.54) is 29.3 Å². The van der Waals surface area contributed by atoms with Gasteiger partial charge in [0.2, 0.25) is 17.7 Å². The molecular formula is C27H28FN5O3. The third-order valence-electron chi connectivity index (χ3n) is 6.10. The zero-order valence-corrected chi connectivity index (χ0v) is 19.8. The molecule has 2 aromatic heterocycles. The number of nitrogens with zero attached hydrogens (tertiary/aromatic N) is 3. The van der Waals surface area contributed by atoms with Crippen molar-refractivity contribution in [3.05, 3.63) is 84.7 Å². The Balaban J connectivity index is 1.60. The lowest BCUT2D eigenvalue weighted by Crippen LogP contribution is -2.46. The van der Waals surface area contributed by atoms with Gasteiger partial charge in [0.05, 0.1) is 11.9 Å². The molecule has 1 fully saturated rings. The van der Waals surface area contributed by atoms with E-state index in [9.17, 15) is 18.8 Å². The molecule has 0 radical (unpaired) electrons. The molecule has 0 spiro atoms. The fourth-order valence-corrected chi connectivity index (χ4v) is 4.38. The predicted octanol–water partition coefficient (Wildman–Crippen LogP) is 4.17. The van der Waals surface area contributed by atoms with Crippen molar-refractivity contribution in [2.45, 2.75) is 50.6 Å². The number of anilines is 2. The van der Waals surface area contributed by atoms with Gasteiger partial charge in [0, 0.05) is 43.2 Å². The fraction of sp³-hybridized carbons (Fsp3) is 0.296. The summed E-state index contributed by atoms with van der Waals surface area (Å²) in [6, 6.07) is 11.2. The van der Waals surface area contributed by atoms with Crippen LogP contribution in [0.25, 0.3) is 0 Å². The lowest BCUT2D eigenvalue weighted by molar-refractivity contribution is -0.127. The quantitative estimate of drug-likeness (QED) is 0.470. The number of aromatic nitrogens is 2. The number of pyridine rings is 2. The number of nitrogens with one attached hydrogen (secondary N) is 2. The minimum Gasteiger partial charge on any atom is -0.351 e. The maximum atomic E-state index is 14.2. The summed E-state index contributed by atoms with van der Waals surface area (Å²) in [5.41, 5.74) is 1.29. The smallest absolute Gasteiger partial charge is 0.248 e. The van der Waals surface area contributed by atoms with Crippen LogP contribution in [0.3, 0.4) is 0 Å². The average Bonchev–Trinajstić information content (AvgIpc) is 3.40. The molecule has 1 saturated carbocycles. The van der Waals surface area contributed by atoms with E-state index in [1.54, 1.807) is 48.9 Å². The number of benzene rings is 1. The molecule has 9 heteroatoms. The molecule has 1 aliphatic carbocycles. The highest BCUT2D eigenvalue weighted by molar-refractivity contribution is 6.03. The second kappa shape index (κ2) is 12.0. The number of carbonyl (C=O) groups is 3. The van der Waals surface area contributed by atoms with E-state index >= 15 is 0 Å². The van der Waals surface area contributed by atoms with Gasteiger partial charge < -0.3 is 10.6 Å². The highest BCUT2D eigenvalue weighted by atomic mass is 19.1. The van der Waals surface area contributed by atoms with Crippen LogP contribution in [0.2, 0.25) is 0 Å². The van der Waals surface area contributed by atoms with Crippen molar-refractivity contribution < 1.29 is 18.8 Å². The van der Waals surface area contributed by atoms with E-state index in [2.05, 4.69) is 20.6 Å². The first-order chi connectivity index (χ1) is 17.5. The van der Waals surface area contributed by atoms with Crippen LogP contribution >= 0.6 is 0 Å². The number of carbonyl (C=O) groups excluding carboxylic acids is 3. The topological polar surface area (TPSA) is 104 Å². The molecule has 2 heterocycles. The van der Waals surface area contributed by atoms with E-state index in [0.717, 1.165) is 25.7 Å². The summed E-state index contributed by atoms with van der Waals surface area (Å²) >= 11 is 0. The second-order valence-corrected chi connectivity index (χ2v) is 8.71. The Morgan fingerprint density at radius 1 is 0.972 bits per heavy atom. The Morgan fingerprint density at radius 2 is 1.75 bits per heavy atom. The van der Waals surface area contributed by atoms with Crippen LogP contribution < -0.4 is 15.5 Å². The third kappa shape index (κ3) is 6.50. The molecular weight excluding hydrogens is 461 g/mol. The third-order valence-corrected chi connectivity index (χ3v) is 6.10. The zero-order chi connectivity index (χ0) is 25.3. The first-order valence-corrected chi connectivity index (χ1v) is 12.0. The van der Waals surface area contributed by atoms with Crippen molar-refractivity contribution in [1.29, 1.82) is 0 Å². The van der Waals surface area contributed by atoms with Crippen LogP contribution in [0.15, 0.2) is 73.3 Å². The van der Waals surface area contributed by atoms with Crippen LogP contribution in [-0.4, -0.2) is 33.7 Å². The average molecular weight is 490 g/mol. The minimum absolute atomic E-state index is 0.0246. The van der Waals surface area contributed by atoms with Crippen LogP contribution in [-0.2, 0) is 14.4 Å². The molecule has 36 heavy (non-hydrogen) atoms. The zero-order valence-electron chi connectivity index (χ0n) is 19.8. The number of rotatable bonds is 9. The highest BCUT2D eigenvalue weighted by Crippen LogP contribution is 2.30. The van der Waals surface area contributed by atoms with Crippen molar-refractivity contribution >= 4 is 29.1 Å². The summed E-state index contributed by atoms with van der Waals surface area (Å²) in [5, 5.41) is 5.76. The van der Waals surface area contributed by atoms with Gasteiger partial charge >= 0.3 is 0 Å². The molecule has 3 amide bonds. The van der Waals surface area contributed by atoms with Gasteiger partial charge in [0.25, 0.3) is 0 Å².